The van der Waals surface area contributed by atoms with Crippen molar-refractivity contribution in [3.05, 3.63) is 46.6 Å². The number of carbonyl (C=O) groups is 2. The van der Waals surface area contributed by atoms with E-state index in [1.54, 1.807) is 24.9 Å². The Labute approximate surface area is 222 Å². The molecule has 198 valence electrons. The molecule has 2 N–H and O–H groups in total. The van der Waals surface area contributed by atoms with Gasteiger partial charge in [0.15, 0.2) is 0 Å². The summed E-state index contributed by atoms with van der Waals surface area (Å²) in [6.45, 7) is 8.33. The summed E-state index contributed by atoms with van der Waals surface area (Å²) in [4.78, 5) is 34.1. The zero-order chi connectivity index (χ0) is 26.4. The number of piperidine rings is 1. The van der Waals surface area contributed by atoms with Crippen molar-refractivity contribution in [3.63, 3.8) is 0 Å². The van der Waals surface area contributed by atoms with E-state index >= 15 is 0 Å². The molecule has 1 spiro atoms. The molecule has 1 atom stereocenters. The number of aromatic nitrogens is 1. The minimum absolute atomic E-state index is 0.0362. The van der Waals surface area contributed by atoms with Crippen LogP contribution >= 0.6 is 11.6 Å². The number of anilines is 2. The first-order valence-corrected chi connectivity index (χ1v) is 13.4. The van der Waals surface area contributed by atoms with E-state index < -0.39 is 11.0 Å². The standard InChI is InChI=1S/C28H35ClN4O4/c1-18(16-27(2,3)36)33-24(34)7-4-19-14-21(17-30-25(19)33)37-13-12-32-10-8-28(9-11-32)22-15-20(29)5-6-23(22)31-26(28)35/h5-6,14-15,17-18,36H,4,7-13,16H2,1-3H3,(H,31,35)/t18-/m0/s1. The topological polar surface area (TPSA) is 95.0 Å². The molecular weight excluding hydrogens is 492 g/mol. The van der Waals surface area contributed by atoms with Crippen molar-refractivity contribution in [2.45, 2.75) is 69.9 Å². The van der Waals surface area contributed by atoms with Gasteiger partial charge in [-0.25, -0.2) is 4.98 Å². The van der Waals surface area contributed by atoms with Crippen molar-refractivity contribution in [1.29, 1.82) is 0 Å². The fourth-order valence-corrected chi connectivity index (χ4v) is 6.22. The Hall–Kier alpha value is -2.68. The molecule has 2 amide bonds. The molecule has 1 saturated heterocycles. The zero-order valence-corrected chi connectivity index (χ0v) is 22.5. The Morgan fingerprint density at radius 3 is 2.70 bits per heavy atom. The van der Waals surface area contributed by atoms with Crippen LogP contribution in [0.2, 0.25) is 5.02 Å². The first-order chi connectivity index (χ1) is 17.6. The van der Waals surface area contributed by atoms with Gasteiger partial charge in [0, 0.05) is 29.7 Å². The van der Waals surface area contributed by atoms with Crippen LogP contribution in [0.25, 0.3) is 0 Å². The van der Waals surface area contributed by atoms with Crippen molar-refractivity contribution in [3.8, 4) is 5.75 Å². The number of rotatable bonds is 7. The van der Waals surface area contributed by atoms with Crippen LogP contribution in [0.15, 0.2) is 30.5 Å². The van der Waals surface area contributed by atoms with E-state index in [1.807, 2.05) is 31.2 Å². The molecular formula is C28H35ClN4O4. The quantitative estimate of drug-likeness (QED) is 0.567. The van der Waals surface area contributed by atoms with Crippen LogP contribution in [-0.4, -0.2) is 64.7 Å². The molecule has 1 aromatic carbocycles. The van der Waals surface area contributed by atoms with Crippen LogP contribution in [-0.2, 0) is 21.4 Å². The first kappa shape index (κ1) is 25.9. The van der Waals surface area contributed by atoms with Gasteiger partial charge in [0.1, 0.15) is 18.2 Å². The Morgan fingerprint density at radius 2 is 1.97 bits per heavy atom. The van der Waals surface area contributed by atoms with E-state index in [1.165, 1.54) is 0 Å². The third kappa shape index (κ3) is 5.19. The number of hydrogen-bond donors (Lipinski definition) is 2. The van der Waals surface area contributed by atoms with Gasteiger partial charge in [-0.3, -0.25) is 19.4 Å². The second-order valence-electron chi connectivity index (χ2n) is 11.2. The number of likely N-dealkylation sites (tertiary alicyclic amines) is 1. The maximum Gasteiger partial charge on any atom is 0.235 e. The lowest BCUT2D eigenvalue weighted by atomic mass is 9.73. The number of nitrogens with one attached hydrogen (secondary N) is 1. The van der Waals surface area contributed by atoms with Gasteiger partial charge in [0.2, 0.25) is 11.8 Å². The summed E-state index contributed by atoms with van der Waals surface area (Å²) in [6, 6.07) is 7.45. The number of amides is 2. The molecule has 4 heterocycles. The summed E-state index contributed by atoms with van der Waals surface area (Å²) >= 11 is 6.23. The number of halogens is 1. The van der Waals surface area contributed by atoms with Gasteiger partial charge in [-0.1, -0.05) is 11.6 Å². The summed E-state index contributed by atoms with van der Waals surface area (Å²) in [5, 5.41) is 13.9. The monoisotopic (exact) mass is 526 g/mol. The molecule has 3 aliphatic rings. The predicted molar refractivity (Wildman–Crippen MR) is 143 cm³/mol. The molecule has 0 saturated carbocycles. The molecule has 1 aromatic heterocycles. The first-order valence-electron chi connectivity index (χ1n) is 13.1. The lowest BCUT2D eigenvalue weighted by molar-refractivity contribution is -0.122. The van der Waals surface area contributed by atoms with Crippen LogP contribution in [0.4, 0.5) is 11.5 Å². The Bertz CT molecular complexity index is 1200. The SMILES string of the molecule is C[C@@H](CC(C)(C)O)N1C(=O)CCc2cc(OCCN3CCC4(CC3)C(=O)Nc3ccc(Cl)cc34)cnc21. The molecule has 5 rings (SSSR count). The van der Waals surface area contributed by atoms with Crippen molar-refractivity contribution in [1.82, 2.24) is 9.88 Å². The fraction of sp³-hybridized carbons (Fsp3) is 0.536. The maximum absolute atomic E-state index is 12.9. The number of aliphatic hydroxyl groups is 1. The van der Waals surface area contributed by atoms with Crippen LogP contribution in [0.5, 0.6) is 5.75 Å². The average Bonchev–Trinajstić information content (AvgIpc) is 3.09. The molecule has 8 nitrogen and oxygen atoms in total. The predicted octanol–water partition coefficient (Wildman–Crippen LogP) is 3.93. The van der Waals surface area contributed by atoms with Crippen LogP contribution in [0.1, 0.15) is 57.6 Å². The van der Waals surface area contributed by atoms with Crippen LogP contribution in [0.3, 0.4) is 0 Å². The van der Waals surface area contributed by atoms with E-state index in [9.17, 15) is 14.7 Å². The average molecular weight is 527 g/mol. The van der Waals surface area contributed by atoms with E-state index in [0.717, 1.165) is 49.3 Å². The molecule has 0 radical (unpaired) electrons. The highest BCUT2D eigenvalue weighted by Crippen LogP contribution is 2.45. The summed E-state index contributed by atoms with van der Waals surface area (Å²) in [5.41, 5.74) is 1.52. The minimum atomic E-state index is -0.869. The Balaban J connectivity index is 1.17. The number of hydrogen-bond acceptors (Lipinski definition) is 6. The van der Waals surface area contributed by atoms with Crippen molar-refractivity contribution >= 4 is 34.9 Å². The lowest BCUT2D eigenvalue weighted by Gasteiger charge is -2.38. The van der Waals surface area contributed by atoms with E-state index in [0.29, 0.717) is 42.5 Å². The Morgan fingerprint density at radius 1 is 1.22 bits per heavy atom. The summed E-state index contributed by atoms with van der Waals surface area (Å²) in [5.74, 6) is 1.46. The third-order valence-electron chi connectivity index (χ3n) is 7.82. The van der Waals surface area contributed by atoms with Gasteiger partial charge in [-0.2, -0.15) is 0 Å². The highest BCUT2D eigenvalue weighted by atomic mass is 35.5. The molecule has 37 heavy (non-hydrogen) atoms. The number of pyridine rings is 1. The van der Waals surface area contributed by atoms with Crippen molar-refractivity contribution in [2.75, 3.05) is 36.5 Å². The number of benzene rings is 1. The van der Waals surface area contributed by atoms with Gasteiger partial charge < -0.3 is 15.2 Å². The summed E-state index contributed by atoms with van der Waals surface area (Å²) < 4.78 is 6.04. The molecule has 0 aliphatic carbocycles. The van der Waals surface area contributed by atoms with Gasteiger partial charge in [-0.15, -0.1) is 0 Å². The summed E-state index contributed by atoms with van der Waals surface area (Å²) in [7, 11) is 0. The second-order valence-corrected chi connectivity index (χ2v) is 11.6. The zero-order valence-electron chi connectivity index (χ0n) is 21.7. The number of nitrogens with zero attached hydrogens (tertiary/aromatic N) is 3. The van der Waals surface area contributed by atoms with E-state index in [-0.39, 0.29) is 17.9 Å². The van der Waals surface area contributed by atoms with Crippen molar-refractivity contribution < 1.29 is 19.4 Å². The largest absolute Gasteiger partial charge is 0.491 e. The molecule has 1 fully saturated rings. The van der Waals surface area contributed by atoms with E-state index in [2.05, 4.69) is 15.2 Å². The van der Waals surface area contributed by atoms with Gasteiger partial charge >= 0.3 is 0 Å². The smallest absolute Gasteiger partial charge is 0.235 e. The minimum Gasteiger partial charge on any atom is -0.491 e. The molecule has 2 aromatic rings. The van der Waals surface area contributed by atoms with Gasteiger partial charge in [-0.05, 0) is 94.9 Å². The Kier molecular flexibility index (Phi) is 6.94. The summed E-state index contributed by atoms with van der Waals surface area (Å²) in [6.07, 6.45) is 4.70. The lowest BCUT2D eigenvalue weighted by Crippen LogP contribution is -2.47. The van der Waals surface area contributed by atoms with E-state index in [4.69, 9.17) is 16.3 Å². The maximum atomic E-state index is 12.9. The van der Waals surface area contributed by atoms with Crippen LogP contribution in [0, 0.1) is 0 Å². The number of carbonyl (C=O) groups excluding carboxylic acids is 2. The molecule has 3 aliphatic heterocycles. The normalized spacial score (nSPS) is 20.0. The number of fused-ring (bicyclic) bond motifs is 3. The number of aryl methyl sites for hydroxylation is 1. The molecule has 0 bridgehead atoms. The fourth-order valence-electron chi connectivity index (χ4n) is 6.04. The van der Waals surface area contributed by atoms with Crippen LogP contribution < -0.4 is 15.0 Å². The van der Waals surface area contributed by atoms with Gasteiger partial charge in [0.05, 0.1) is 17.2 Å². The second kappa shape index (κ2) is 9.89. The molecule has 9 heteroatoms. The number of ether oxygens (including phenoxy) is 1. The highest BCUT2D eigenvalue weighted by Gasteiger charge is 2.48. The highest BCUT2D eigenvalue weighted by molar-refractivity contribution is 6.31. The van der Waals surface area contributed by atoms with Gasteiger partial charge in [0.25, 0.3) is 0 Å². The van der Waals surface area contributed by atoms with Crippen molar-refractivity contribution in [2.24, 2.45) is 0 Å². The third-order valence-corrected chi connectivity index (χ3v) is 8.06. The molecule has 0 unspecified atom stereocenters.